The number of para-hydroxylation sites is 2. The number of nitrogens with one attached hydrogen (secondary N) is 1. The second-order valence-corrected chi connectivity index (χ2v) is 6.09. The van der Waals surface area contributed by atoms with Gasteiger partial charge in [-0.2, -0.15) is 5.10 Å². The van der Waals surface area contributed by atoms with Crippen LogP contribution in [-0.4, -0.2) is 25.2 Å². The summed E-state index contributed by atoms with van der Waals surface area (Å²) in [6, 6.07) is 7.73. The lowest BCUT2D eigenvalue weighted by Crippen LogP contribution is -2.32. The van der Waals surface area contributed by atoms with Gasteiger partial charge in [0.25, 0.3) is 0 Å². The third-order valence-electron chi connectivity index (χ3n) is 4.46. The van der Waals surface area contributed by atoms with Gasteiger partial charge in [-0.3, -0.25) is 9.48 Å². The van der Waals surface area contributed by atoms with Gasteiger partial charge in [0.2, 0.25) is 5.91 Å². The number of nitrogens with zero attached hydrogens (tertiary/aromatic N) is 4. The van der Waals surface area contributed by atoms with Crippen molar-refractivity contribution in [3.8, 4) is 0 Å². The topological polar surface area (TPSA) is 64.7 Å². The van der Waals surface area contributed by atoms with E-state index in [1.807, 2.05) is 49.0 Å². The maximum Gasteiger partial charge on any atom is 0.243 e. The Morgan fingerprint density at radius 2 is 2.04 bits per heavy atom. The van der Waals surface area contributed by atoms with Crippen molar-refractivity contribution in [2.24, 2.45) is 0 Å². The molecule has 2 heterocycles. The lowest BCUT2D eigenvalue weighted by molar-refractivity contribution is -0.124. The largest absolute Gasteiger partial charge is 0.350 e. The first kappa shape index (κ1) is 17.2. The predicted molar refractivity (Wildman–Crippen MR) is 98.2 cm³/mol. The zero-order chi connectivity index (χ0) is 17.8. The standard InChI is InChI=1S/C19H25N5O/c1-4-16(19(25)20-11-14-12-21-23(6-3)13-14)24-17-10-8-7-9-15(17)22-18(24)5-2/h7-10,12-13,16H,4-6,11H2,1-3H3,(H,20,25). The Morgan fingerprint density at radius 1 is 1.24 bits per heavy atom. The number of imidazole rings is 1. The van der Waals surface area contributed by atoms with Crippen molar-refractivity contribution >= 4 is 16.9 Å². The monoisotopic (exact) mass is 339 g/mol. The van der Waals surface area contributed by atoms with Gasteiger partial charge in [0, 0.05) is 31.3 Å². The average Bonchev–Trinajstić information content (AvgIpc) is 3.25. The molecule has 0 saturated heterocycles. The third kappa shape index (κ3) is 3.43. The van der Waals surface area contributed by atoms with E-state index in [0.29, 0.717) is 13.0 Å². The lowest BCUT2D eigenvalue weighted by Gasteiger charge is -2.19. The highest BCUT2D eigenvalue weighted by molar-refractivity contribution is 5.84. The number of fused-ring (bicyclic) bond motifs is 1. The molecule has 1 amide bonds. The molecule has 0 aliphatic carbocycles. The van der Waals surface area contributed by atoms with Crippen molar-refractivity contribution in [2.45, 2.75) is 52.7 Å². The van der Waals surface area contributed by atoms with Crippen LogP contribution in [0.2, 0.25) is 0 Å². The molecular weight excluding hydrogens is 314 g/mol. The highest BCUT2D eigenvalue weighted by Gasteiger charge is 2.23. The van der Waals surface area contributed by atoms with Gasteiger partial charge in [-0.15, -0.1) is 0 Å². The summed E-state index contributed by atoms with van der Waals surface area (Å²) in [5.74, 6) is 0.964. The molecule has 3 aromatic rings. The van der Waals surface area contributed by atoms with E-state index in [1.165, 1.54) is 0 Å². The summed E-state index contributed by atoms with van der Waals surface area (Å²) in [6.45, 7) is 7.46. The summed E-state index contributed by atoms with van der Waals surface area (Å²) >= 11 is 0. The molecule has 25 heavy (non-hydrogen) atoms. The average molecular weight is 339 g/mol. The van der Waals surface area contributed by atoms with E-state index in [0.717, 1.165) is 35.4 Å². The summed E-state index contributed by atoms with van der Waals surface area (Å²) in [6.07, 6.45) is 5.27. The molecule has 1 aromatic carbocycles. The number of hydrogen-bond acceptors (Lipinski definition) is 3. The summed E-state index contributed by atoms with van der Waals surface area (Å²) < 4.78 is 3.94. The van der Waals surface area contributed by atoms with Crippen LogP contribution < -0.4 is 5.32 Å². The number of aryl methyl sites for hydroxylation is 2. The van der Waals surface area contributed by atoms with E-state index >= 15 is 0 Å². The van der Waals surface area contributed by atoms with E-state index in [9.17, 15) is 4.79 Å². The fraction of sp³-hybridized carbons (Fsp3) is 0.421. The van der Waals surface area contributed by atoms with Gasteiger partial charge in [0.05, 0.1) is 17.2 Å². The Balaban J connectivity index is 1.83. The fourth-order valence-corrected chi connectivity index (χ4v) is 3.15. The van der Waals surface area contributed by atoms with Gasteiger partial charge < -0.3 is 9.88 Å². The van der Waals surface area contributed by atoms with Gasteiger partial charge in [-0.05, 0) is 25.5 Å². The van der Waals surface area contributed by atoms with Crippen molar-refractivity contribution in [2.75, 3.05) is 0 Å². The van der Waals surface area contributed by atoms with Crippen molar-refractivity contribution in [3.63, 3.8) is 0 Å². The highest BCUT2D eigenvalue weighted by atomic mass is 16.2. The van der Waals surface area contributed by atoms with Crippen LogP contribution in [0.1, 0.15) is 44.6 Å². The number of aromatic nitrogens is 4. The Bertz CT molecular complexity index is 864. The number of benzene rings is 1. The first-order valence-corrected chi connectivity index (χ1v) is 8.92. The van der Waals surface area contributed by atoms with Crippen LogP contribution in [0.25, 0.3) is 11.0 Å². The van der Waals surface area contributed by atoms with Crippen molar-refractivity contribution in [1.29, 1.82) is 0 Å². The summed E-state index contributed by atoms with van der Waals surface area (Å²) in [5.41, 5.74) is 2.96. The zero-order valence-corrected chi connectivity index (χ0v) is 15.1. The molecule has 1 atom stereocenters. The van der Waals surface area contributed by atoms with Gasteiger partial charge in [0.15, 0.2) is 0 Å². The smallest absolute Gasteiger partial charge is 0.243 e. The van der Waals surface area contributed by atoms with Crippen molar-refractivity contribution < 1.29 is 4.79 Å². The number of rotatable bonds is 7. The fourth-order valence-electron chi connectivity index (χ4n) is 3.15. The summed E-state index contributed by atoms with van der Waals surface area (Å²) in [7, 11) is 0. The lowest BCUT2D eigenvalue weighted by atomic mass is 10.1. The minimum absolute atomic E-state index is 0.0181. The maximum atomic E-state index is 12.8. The van der Waals surface area contributed by atoms with Gasteiger partial charge >= 0.3 is 0 Å². The minimum Gasteiger partial charge on any atom is -0.350 e. The number of amides is 1. The second kappa shape index (κ2) is 7.51. The molecule has 1 N–H and O–H groups in total. The van der Waals surface area contributed by atoms with Crippen molar-refractivity contribution in [1.82, 2.24) is 24.6 Å². The SMILES string of the molecule is CCc1nc2ccccc2n1C(CC)C(=O)NCc1cnn(CC)c1. The van der Waals surface area contributed by atoms with Crippen molar-refractivity contribution in [3.05, 3.63) is 48.0 Å². The molecule has 2 aromatic heterocycles. The second-order valence-electron chi connectivity index (χ2n) is 6.09. The van der Waals surface area contributed by atoms with Crippen LogP contribution in [0.4, 0.5) is 0 Å². The van der Waals surface area contributed by atoms with Crippen LogP contribution in [0.3, 0.4) is 0 Å². The van der Waals surface area contributed by atoms with Crippen LogP contribution in [0, 0.1) is 0 Å². The molecule has 0 aliphatic heterocycles. The van der Waals surface area contributed by atoms with Gasteiger partial charge in [0.1, 0.15) is 11.9 Å². The number of hydrogen-bond donors (Lipinski definition) is 1. The van der Waals surface area contributed by atoms with E-state index < -0.39 is 0 Å². The Hall–Kier alpha value is -2.63. The molecule has 0 saturated carbocycles. The quantitative estimate of drug-likeness (QED) is 0.719. The molecule has 0 radical (unpaired) electrons. The van der Waals surface area contributed by atoms with Crippen LogP contribution >= 0.6 is 0 Å². The summed E-state index contributed by atoms with van der Waals surface area (Å²) in [5, 5.41) is 7.30. The highest BCUT2D eigenvalue weighted by Crippen LogP contribution is 2.24. The van der Waals surface area contributed by atoms with E-state index in [-0.39, 0.29) is 11.9 Å². The molecular formula is C19H25N5O. The molecule has 0 aliphatic rings. The molecule has 1 unspecified atom stereocenters. The van der Waals surface area contributed by atoms with E-state index in [1.54, 1.807) is 6.20 Å². The molecule has 3 rings (SSSR count). The van der Waals surface area contributed by atoms with Crippen LogP contribution in [0.15, 0.2) is 36.7 Å². The van der Waals surface area contributed by atoms with Gasteiger partial charge in [-0.1, -0.05) is 26.0 Å². The number of carbonyl (C=O) groups is 1. The van der Waals surface area contributed by atoms with Gasteiger partial charge in [-0.25, -0.2) is 4.98 Å². The predicted octanol–water partition coefficient (Wildman–Crippen LogP) is 3.08. The molecule has 0 bridgehead atoms. The van der Waals surface area contributed by atoms with Crippen LogP contribution in [-0.2, 0) is 24.3 Å². The summed E-state index contributed by atoms with van der Waals surface area (Å²) in [4.78, 5) is 17.5. The third-order valence-corrected chi connectivity index (χ3v) is 4.46. The molecule has 132 valence electrons. The Morgan fingerprint density at radius 3 is 2.72 bits per heavy atom. The van der Waals surface area contributed by atoms with E-state index in [2.05, 4.69) is 26.9 Å². The first-order valence-electron chi connectivity index (χ1n) is 8.92. The number of carbonyl (C=O) groups excluding carboxylic acids is 1. The minimum atomic E-state index is -0.261. The molecule has 6 heteroatoms. The van der Waals surface area contributed by atoms with Crippen LogP contribution in [0.5, 0.6) is 0 Å². The Labute approximate surface area is 147 Å². The normalized spacial score (nSPS) is 12.4. The van der Waals surface area contributed by atoms with E-state index in [4.69, 9.17) is 0 Å². The maximum absolute atomic E-state index is 12.8. The molecule has 0 spiro atoms. The molecule has 6 nitrogen and oxygen atoms in total. The first-order chi connectivity index (χ1) is 12.2. The zero-order valence-electron chi connectivity index (χ0n) is 15.1. The Kier molecular flexibility index (Phi) is 5.16. The molecule has 0 fully saturated rings.